The molecule has 122 valence electrons. The maximum atomic E-state index is 12.6. The summed E-state index contributed by atoms with van der Waals surface area (Å²) in [6, 6.07) is 3.29. The van der Waals surface area contributed by atoms with Gasteiger partial charge in [-0.3, -0.25) is 4.79 Å². The summed E-state index contributed by atoms with van der Waals surface area (Å²) in [5.41, 5.74) is 3.85. The number of hydrogen-bond donors (Lipinski definition) is 1. The van der Waals surface area contributed by atoms with Crippen molar-refractivity contribution in [3.63, 3.8) is 0 Å². The zero-order chi connectivity index (χ0) is 16.6. The second-order valence-corrected chi connectivity index (χ2v) is 6.26. The fourth-order valence-electron chi connectivity index (χ4n) is 3.28. The number of rotatable bonds is 3. The van der Waals surface area contributed by atoms with Crippen LogP contribution in [-0.4, -0.2) is 34.5 Å². The molecule has 1 saturated heterocycles. The number of carbonyl (C=O) groups is 2. The van der Waals surface area contributed by atoms with Crippen LogP contribution in [0.3, 0.4) is 0 Å². The Kier molecular flexibility index (Phi) is 4.11. The third kappa shape index (κ3) is 2.83. The Balaban J connectivity index is 1.85. The normalized spacial score (nSPS) is 18.3. The fraction of sp³-hybridized carbons (Fsp3) is 0.444. The quantitative estimate of drug-likeness (QED) is 0.945. The van der Waals surface area contributed by atoms with Gasteiger partial charge in [0.05, 0.1) is 12.7 Å². The summed E-state index contributed by atoms with van der Waals surface area (Å²) in [7, 11) is 0. The highest BCUT2D eigenvalue weighted by atomic mass is 16.4. The molecule has 0 saturated carbocycles. The van der Waals surface area contributed by atoms with E-state index in [-0.39, 0.29) is 12.3 Å². The van der Waals surface area contributed by atoms with Gasteiger partial charge in [-0.25, -0.2) is 4.79 Å². The molecule has 0 spiro atoms. The van der Waals surface area contributed by atoms with Gasteiger partial charge >= 0.3 is 5.97 Å². The number of benzene rings is 1. The first kappa shape index (κ1) is 15.6. The van der Waals surface area contributed by atoms with E-state index in [1.165, 1.54) is 4.90 Å². The van der Waals surface area contributed by atoms with Gasteiger partial charge in [-0.1, -0.05) is 12.1 Å². The zero-order valence-electron chi connectivity index (χ0n) is 13.5. The molecule has 1 N–H and O–H groups in total. The van der Waals surface area contributed by atoms with Crippen LogP contribution < -0.4 is 0 Å². The molecule has 1 aliphatic heterocycles. The van der Waals surface area contributed by atoms with Crippen molar-refractivity contribution in [3.05, 3.63) is 35.1 Å². The topological polar surface area (TPSA) is 70.8 Å². The van der Waals surface area contributed by atoms with Crippen LogP contribution in [0.15, 0.2) is 22.8 Å². The molecule has 1 aromatic carbocycles. The van der Waals surface area contributed by atoms with E-state index in [1.54, 1.807) is 6.26 Å². The van der Waals surface area contributed by atoms with E-state index in [4.69, 9.17) is 4.42 Å². The number of carboxylic acids is 1. The summed E-state index contributed by atoms with van der Waals surface area (Å²) in [6.45, 7) is 4.54. The second-order valence-electron chi connectivity index (χ2n) is 6.26. The van der Waals surface area contributed by atoms with Crippen molar-refractivity contribution in [1.82, 2.24) is 4.90 Å². The largest absolute Gasteiger partial charge is 0.480 e. The third-order valence-electron chi connectivity index (χ3n) is 4.79. The van der Waals surface area contributed by atoms with Crippen molar-refractivity contribution in [1.29, 1.82) is 0 Å². The predicted octanol–water partition coefficient (Wildman–Crippen LogP) is 3.06. The number of piperidine rings is 1. The highest BCUT2D eigenvalue weighted by Crippen LogP contribution is 2.28. The van der Waals surface area contributed by atoms with E-state index in [2.05, 4.69) is 0 Å². The number of amides is 1. The molecule has 3 rings (SSSR count). The molecule has 23 heavy (non-hydrogen) atoms. The average Bonchev–Trinajstić information content (AvgIpc) is 2.94. The highest BCUT2D eigenvalue weighted by Gasteiger charge is 2.32. The number of furan rings is 1. The van der Waals surface area contributed by atoms with E-state index >= 15 is 0 Å². The number of hydrogen-bond acceptors (Lipinski definition) is 3. The smallest absolute Gasteiger partial charge is 0.326 e. The van der Waals surface area contributed by atoms with Crippen molar-refractivity contribution < 1.29 is 19.1 Å². The minimum Gasteiger partial charge on any atom is -0.480 e. The second kappa shape index (κ2) is 6.07. The Morgan fingerprint density at radius 2 is 2.09 bits per heavy atom. The number of nitrogens with zero attached hydrogens (tertiary/aromatic N) is 1. The minimum atomic E-state index is -0.915. The Bertz CT molecular complexity index is 762. The SMILES string of the molecule is Cc1ccc2c(CC(=O)N3CCCCC3C(=O)O)coc2c1C. The monoisotopic (exact) mass is 315 g/mol. The van der Waals surface area contributed by atoms with Crippen LogP contribution in [0.1, 0.15) is 36.0 Å². The average molecular weight is 315 g/mol. The van der Waals surface area contributed by atoms with E-state index in [0.717, 1.165) is 40.5 Å². The van der Waals surface area contributed by atoms with E-state index in [0.29, 0.717) is 13.0 Å². The lowest BCUT2D eigenvalue weighted by atomic mass is 10.00. The van der Waals surface area contributed by atoms with Crippen LogP contribution in [0.5, 0.6) is 0 Å². The van der Waals surface area contributed by atoms with Crippen molar-refractivity contribution >= 4 is 22.8 Å². The summed E-state index contributed by atoms with van der Waals surface area (Å²) >= 11 is 0. The summed E-state index contributed by atoms with van der Waals surface area (Å²) < 4.78 is 5.64. The molecule has 0 aliphatic carbocycles. The number of aliphatic carboxylic acids is 1. The molecule has 1 aliphatic rings. The van der Waals surface area contributed by atoms with Crippen molar-refractivity contribution in [2.75, 3.05) is 6.54 Å². The minimum absolute atomic E-state index is 0.141. The zero-order valence-corrected chi connectivity index (χ0v) is 13.5. The van der Waals surface area contributed by atoms with E-state index in [1.807, 2.05) is 26.0 Å². The Morgan fingerprint density at radius 3 is 2.83 bits per heavy atom. The molecule has 1 unspecified atom stereocenters. The number of aryl methyl sites for hydroxylation is 2. The number of carboxylic acid groups (broad SMARTS) is 1. The summed E-state index contributed by atoms with van der Waals surface area (Å²) in [4.78, 5) is 25.5. The number of likely N-dealkylation sites (tertiary alicyclic amines) is 1. The predicted molar refractivity (Wildman–Crippen MR) is 86.4 cm³/mol. The van der Waals surface area contributed by atoms with Crippen molar-refractivity contribution in [2.45, 2.75) is 45.6 Å². The molecule has 1 atom stereocenters. The molecule has 2 aromatic rings. The first-order valence-electron chi connectivity index (χ1n) is 7.97. The first-order valence-corrected chi connectivity index (χ1v) is 7.97. The van der Waals surface area contributed by atoms with E-state index < -0.39 is 12.0 Å². The summed E-state index contributed by atoms with van der Waals surface area (Å²) in [5, 5.41) is 10.2. The molecule has 1 amide bonds. The fourth-order valence-corrected chi connectivity index (χ4v) is 3.28. The molecule has 2 heterocycles. The molecule has 0 bridgehead atoms. The van der Waals surface area contributed by atoms with Crippen molar-refractivity contribution in [3.8, 4) is 0 Å². The van der Waals surface area contributed by atoms with Gasteiger partial charge in [-0.2, -0.15) is 0 Å². The summed E-state index contributed by atoms with van der Waals surface area (Å²) in [5.74, 6) is -1.06. The molecule has 0 radical (unpaired) electrons. The Morgan fingerprint density at radius 1 is 1.30 bits per heavy atom. The Labute approximate surface area is 134 Å². The number of carbonyl (C=O) groups excluding carboxylic acids is 1. The lowest BCUT2D eigenvalue weighted by molar-refractivity contribution is -0.151. The van der Waals surface area contributed by atoms with Gasteiger partial charge in [0.1, 0.15) is 11.6 Å². The maximum absolute atomic E-state index is 12.6. The van der Waals surface area contributed by atoms with Gasteiger partial charge in [0.2, 0.25) is 5.91 Å². The Hall–Kier alpha value is -2.30. The first-order chi connectivity index (χ1) is 11.0. The lowest BCUT2D eigenvalue weighted by Gasteiger charge is -2.33. The molecular formula is C18H21NO4. The van der Waals surface area contributed by atoms with Crippen LogP contribution in [0, 0.1) is 13.8 Å². The number of fused-ring (bicyclic) bond motifs is 1. The van der Waals surface area contributed by atoms with Crippen LogP contribution >= 0.6 is 0 Å². The molecule has 1 aromatic heterocycles. The van der Waals surface area contributed by atoms with Gasteiger partial charge < -0.3 is 14.4 Å². The van der Waals surface area contributed by atoms with Crippen LogP contribution in [-0.2, 0) is 16.0 Å². The third-order valence-corrected chi connectivity index (χ3v) is 4.79. The van der Waals surface area contributed by atoms with Crippen LogP contribution in [0.25, 0.3) is 11.0 Å². The summed E-state index contributed by atoms with van der Waals surface area (Å²) in [6.07, 6.45) is 4.05. The molecular weight excluding hydrogens is 294 g/mol. The van der Waals surface area contributed by atoms with Gasteiger partial charge in [0.25, 0.3) is 0 Å². The lowest BCUT2D eigenvalue weighted by Crippen LogP contribution is -2.48. The van der Waals surface area contributed by atoms with Crippen LogP contribution in [0.2, 0.25) is 0 Å². The molecule has 5 heteroatoms. The van der Waals surface area contributed by atoms with Gasteiger partial charge in [0.15, 0.2) is 0 Å². The van der Waals surface area contributed by atoms with Crippen molar-refractivity contribution in [2.24, 2.45) is 0 Å². The molecule has 5 nitrogen and oxygen atoms in total. The van der Waals surface area contributed by atoms with Crippen LogP contribution in [0.4, 0.5) is 0 Å². The van der Waals surface area contributed by atoms with Gasteiger partial charge in [-0.05, 0) is 44.2 Å². The maximum Gasteiger partial charge on any atom is 0.326 e. The molecule has 1 fully saturated rings. The standard InChI is InChI=1S/C18H21NO4/c1-11-6-7-14-13(10-23-17(14)12(11)2)9-16(20)19-8-4-3-5-15(19)18(21)22/h6-7,10,15H,3-5,8-9H2,1-2H3,(H,21,22). The van der Waals surface area contributed by atoms with Gasteiger partial charge in [-0.15, -0.1) is 0 Å². The highest BCUT2D eigenvalue weighted by molar-refractivity contribution is 5.91. The van der Waals surface area contributed by atoms with E-state index in [9.17, 15) is 14.7 Å². The van der Waals surface area contributed by atoms with Gasteiger partial charge in [0, 0.05) is 17.5 Å².